The molecule has 1 aliphatic heterocycles. The summed E-state index contributed by atoms with van der Waals surface area (Å²) in [6, 6.07) is 2.80. The number of rotatable bonds is 5. The third-order valence-corrected chi connectivity index (χ3v) is 4.49. The van der Waals surface area contributed by atoms with Crippen molar-refractivity contribution in [1.29, 1.82) is 0 Å². The Hall–Kier alpha value is -1.50. The molecular weight excluding hydrogens is 288 g/mol. The van der Waals surface area contributed by atoms with E-state index in [0.717, 1.165) is 4.88 Å². The number of amides is 1. The van der Waals surface area contributed by atoms with Gasteiger partial charge < -0.3 is 10.0 Å². The Morgan fingerprint density at radius 1 is 1.55 bits per heavy atom. The number of aryl methyl sites for hydroxylation is 1. The van der Waals surface area contributed by atoms with Crippen molar-refractivity contribution in [3.8, 4) is 0 Å². The Labute approximate surface area is 119 Å². The average molecular weight is 303 g/mol. The molecule has 1 N–H and O–H groups in total. The van der Waals surface area contributed by atoms with Crippen LogP contribution in [0.4, 0.5) is 8.78 Å². The molecule has 1 atom stereocenters. The van der Waals surface area contributed by atoms with E-state index in [1.54, 1.807) is 13.0 Å². The number of hydrogen-bond acceptors (Lipinski definition) is 3. The number of aromatic carboxylic acids is 1. The maximum absolute atomic E-state index is 13.2. The fourth-order valence-corrected chi connectivity index (χ4v) is 3.24. The van der Waals surface area contributed by atoms with Crippen LogP contribution in [0.2, 0.25) is 0 Å². The van der Waals surface area contributed by atoms with Crippen LogP contribution in [0.25, 0.3) is 0 Å². The molecule has 0 radical (unpaired) electrons. The van der Waals surface area contributed by atoms with Crippen molar-refractivity contribution in [3.63, 3.8) is 0 Å². The molecule has 1 aliphatic rings. The summed E-state index contributed by atoms with van der Waals surface area (Å²) < 4.78 is 26.5. The molecular formula is C13H15F2NO3S. The van der Waals surface area contributed by atoms with Crippen LogP contribution in [0.15, 0.2) is 12.1 Å². The molecule has 1 amide bonds. The van der Waals surface area contributed by atoms with E-state index in [-0.39, 0.29) is 11.4 Å². The third kappa shape index (κ3) is 2.98. The fraction of sp³-hybridized carbons (Fsp3) is 0.538. The second kappa shape index (κ2) is 5.47. The van der Waals surface area contributed by atoms with Gasteiger partial charge in [-0.3, -0.25) is 4.79 Å². The van der Waals surface area contributed by atoms with Crippen molar-refractivity contribution in [3.05, 3.63) is 21.9 Å². The smallest absolute Gasteiger partial charge is 0.345 e. The zero-order valence-electron chi connectivity index (χ0n) is 10.9. The molecule has 0 aliphatic carbocycles. The second-order valence-corrected chi connectivity index (χ2v) is 6.10. The highest BCUT2D eigenvalue weighted by molar-refractivity contribution is 7.13. The average Bonchev–Trinajstić information content (AvgIpc) is 2.88. The van der Waals surface area contributed by atoms with Gasteiger partial charge in [-0.05, 0) is 31.9 Å². The monoisotopic (exact) mass is 303 g/mol. The normalized spacial score (nSPS) is 21.4. The molecule has 1 aromatic heterocycles. The van der Waals surface area contributed by atoms with E-state index < -0.39 is 30.3 Å². The van der Waals surface area contributed by atoms with Crippen molar-refractivity contribution in [2.45, 2.75) is 38.2 Å². The summed E-state index contributed by atoms with van der Waals surface area (Å²) in [6.07, 6.45) is 0.708. The highest BCUT2D eigenvalue weighted by Gasteiger charge is 2.51. The third-order valence-electron chi connectivity index (χ3n) is 3.35. The summed E-state index contributed by atoms with van der Waals surface area (Å²) in [5.41, 5.74) is 0. The molecule has 0 aromatic carbocycles. The van der Waals surface area contributed by atoms with E-state index in [4.69, 9.17) is 5.11 Å². The van der Waals surface area contributed by atoms with Gasteiger partial charge in [0.05, 0.1) is 0 Å². The first-order valence-corrected chi connectivity index (χ1v) is 7.14. The highest BCUT2D eigenvalue weighted by Crippen LogP contribution is 2.33. The van der Waals surface area contributed by atoms with Gasteiger partial charge in [0.2, 0.25) is 0 Å². The molecule has 20 heavy (non-hydrogen) atoms. The van der Waals surface area contributed by atoms with E-state index in [9.17, 15) is 18.4 Å². The topological polar surface area (TPSA) is 57.6 Å². The number of hydrogen-bond donors (Lipinski definition) is 1. The van der Waals surface area contributed by atoms with Crippen LogP contribution in [0.1, 0.15) is 34.3 Å². The minimum Gasteiger partial charge on any atom is -0.477 e. The van der Waals surface area contributed by atoms with Gasteiger partial charge in [0.15, 0.2) is 0 Å². The number of likely N-dealkylation sites (tertiary alicyclic amines) is 1. The Morgan fingerprint density at radius 3 is 2.75 bits per heavy atom. The van der Waals surface area contributed by atoms with Gasteiger partial charge in [0.25, 0.3) is 5.91 Å². The lowest BCUT2D eigenvalue weighted by atomic mass is 10.2. The number of halogens is 2. The molecule has 2 heterocycles. The van der Waals surface area contributed by atoms with Gasteiger partial charge in [0, 0.05) is 23.9 Å². The lowest BCUT2D eigenvalue weighted by Gasteiger charge is -2.20. The van der Waals surface area contributed by atoms with E-state index in [1.165, 1.54) is 22.3 Å². The summed E-state index contributed by atoms with van der Waals surface area (Å²) in [7, 11) is 0. The lowest BCUT2D eigenvalue weighted by molar-refractivity contribution is -0.148. The summed E-state index contributed by atoms with van der Waals surface area (Å²) in [6.45, 7) is 1.89. The number of carbonyl (C=O) groups excluding carboxylic acids is 1. The number of alkyl halides is 2. The molecule has 7 heteroatoms. The van der Waals surface area contributed by atoms with Crippen LogP contribution < -0.4 is 0 Å². The standard InChI is InChI=1S/C13H15F2NO3S/c1-8-7-13(14,15)12(19)16(8)6-2-3-9-4-5-10(20-9)11(17)18/h4-5,8H,2-3,6-7H2,1H3,(H,17,18). The number of nitrogens with zero attached hydrogens (tertiary/aromatic N) is 1. The van der Waals surface area contributed by atoms with Crippen molar-refractivity contribution in [1.82, 2.24) is 4.90 Å². The molecule has 0 bridgehead atoms. The number of carboxylic acid groups (broad SMARTS) is 1. The van der Waals surface area contributed by atoms with Crippen LogP contribution in [-0.4, -0.2) is 40.4 Å². The zero-order chi connectivity index (χ0) is 14.9. The van der Waals surface area contributed by atoms with Crippen molar-refractivity contribution in [2.24, 2.45) is 0 Å². The molecule has 0 saturated carbocycles. The van der Waals surface area contributed by atoms with Crippen LogP contribution in [0.5, 0.6) is 0 Å². The summed E-state index contributed by atoms with van der Waals surface area (Å²) in [4.78, 5) is 24.6. The van der Waals surface area contributed by atoms with Crippen molar-refractivity contribution >= 4 is 23.2 Å². The molecule has 1 saturated heterocycles. The second-order valence-electron chi connectivity index (χ2n) is 4.93. The molecule has 1 fully saturated rings. The maximum atomic E-state index is 13.2. The Kier molecular flexibility index (Phi) is 4.08. The molecule has 1 aromatic rings. The fourth-order valence-electron chi connectivity index (χ4n) is 2.35. The van der Waals surface area contributed by atoms with E-state index in [1.807, 2.05) is 0 Å². The van der Waals surface area contributed by atoms with Crippen LogP contribution in [0.3, 0.4) is 0 Å². The number of thiophene rings is 1. The van der Waals surface area contributed by atoms with Gasteiger partial charge in [-0.2, -0.15) is 8.78 Å². The van der Waals surface area contributed by atoms with Crippen LogP contribution in [0, 0.1) is 0 Å². The Balaban J connectivity index is 1.87. The summed E-state index contributed by atoms with van der Waals surface area (Å²) in [5, 5.41) is 8.80. The Bertz CT molecular complexity index is 529. The van der Waals surface area contributed by atoms with Gasteiger partial charge in [-0.25, -0.2) is 4.79 Å². The van der Waals surface area contributed by atoms with Crippen LogP contribution >= 0.6 is 11.3 Å². The van der Waals surface area contributed by atoms with Gasteiger partial charge in [-0.1, -0.05) is 0 Å². The van der Waals surface area contributed by atoms with Gasteiger partial charge in [-0.15, -0.1) is 11.3 Å². The first kappa shape index (κ1) is 14.9. The van der Waals surface area contributed by atoms with Crippen LogP contribution in [-0.2, 0) is 11.2 Å². The molecule has 4 nitrogen and oxygen atoms in total. The largest absolute Gasteiger partial charge is 0.477 e. The number of carbonyl (C=O) groups is 2. The molecule has 0 spiro atoms. The maximum Gasteiger partial charge on any atom is 0.345 e. The lowest BCUT2D eigenvalue weighted by Crippen LogP contribution is -2.36. The minimum absolute atomic E-state index is 0.261. The molecule has 110 valence electrons. The SMILES string of the molecule is CC1CC(F)(F)C(=O)N1CCCc1ccc(C(=O)O)s1. The predicted molar refractivity (Wildman–Crippen MR) is 70.3 cm³/mol. The molecule has 1 unspecified atom stereocenters. The minimum atomic E-state index is -3.24. The van der Waals surface area contributed by atoms with Crippen molar-refractivity contribution < 1.29 is 23.5 Å². The Morgan fingerprint density at radius 2 is 2.25 bits per heavy atom. The zero-order valence-corrected chi connectivity index (χ0v) is 11.8. The first-order chi connectivity index (χ1) is 9.31. The highest BCUT2D eigenvalue weighted by atomic mass is 32.1. The van der Waals surface area contributed by atoms with Crippen molar-refractivity contribution in [2.75, 3.05) is 6.54 Å². The first-order valence-electron chi connectivity index (χ1n) is 6.32. The summed E-state index contributed by atoms with van der Waals surface area (Å²) >= 11 is 1.17. The summed E-state index contributed by atoms with van der Waals surface area (Å²) in [5.74, 6) is -5.30. The molecule has 2 rings (SSSR count). The van der Waals surface area contributed by atoms with Gasteiger partial charge >= 0.3 is 11.9 Å². The van der Waals surface area contributed by atoms with Gasteiger partial charge in [0.1, 0.15) is 4.88 Å². The van der Waals surface area contributed by atoms with E-state index >= 15 is 0 Å². The predicted octanol–water partition coefficient (Wildman–Crippen LogP) is 2.64. The number of carboxylic acids is 1. The van der Waals surface area contributed by atoms with E-state index in [2.05, 4.69) is 0 Å². The quantitative estimate of drug-likeness (QED) is 0.909. The van der Waals surface area contributed by atoms with E-state index in [0.29, 0.717) is 12.8 Å².